The highest BCUT2D eigenvalue weighted by Crippen LogP contribution is 2.41. The Morgan fingerprint density at radius 1 is 1.31 bits per heavy atom. The van der Waals surface area contributed by atoms with E-state index in [4.69, 9.17) is 4.74 Å². The number of esters is 1. The van der Waals surface area contributed by atoms with E-state index in [1.807, 2.05) is 0 Å². The molecule has 1 aliphatic heterocycles. The van der Waals surface area contributed by atoms with E-state index < -0.39 is 5.60 Å². The average molecular weight is 215 g/mol. The Bertz CT molecular complexity index is 521. The molecule has 1 aromatic heterocycles. The van der Waals surface area contributed by atoms with E-state index in [2.05, 4.69) is 4.98 Å². The van der Waals surface area contributed by atoms with Gasteiger partial charge in [0.2, 0.25) is 11.4 Å². The van der Waals surface area contributed by atoms with Crippen molar-refractivity contribution in [2.75, 3.05) is 0 Å². The first-order chi connectivity index (χ1) is 7.72. The van der Waals surface area contributed by atoms with Gasteiger partial charge in [-0.1, -0.05) is 6.07 Å². The van der Waals surface area contributed by atoms with Crippen LogP contribution in [0.3, 0.4) is 0 Å². The smallest absolute Gasteiger partial charge is 0.307 e. The summed E-state index contributed by atoms with van der Waals surface area (Å²) in [6, 6.07) is 3.54. The maximum atomic E-state index is 11.9. The molecule has 0 saturated carbocycles. The molecule has 0 aromatic carbocycles. The van der Waals surface area contributed by atoms with Crippen molar-refractivity contribution in [2.45, 2.75) is 18.4 Å². The normalized spacial score (nSPS) is 27.0. The average Bonchev–Trinajstić information content (AvgIpc) is 2.68. The lowest BCUT2D eigenvalue weighted by Gasteiger charge is -2.28. The lowest BCUT2D eigenvalue weighted by molar-refractivity contribution is -0.156. The van der Waals surface area contributed by atoms with Crippen LogP contribution in [0, 0.1) is 0 Å². The molecular formula is C12H9NO3. The highest BCUT2D eigenvalue weighted by molar-refractivity contribution is 6.05. The predicted octanol–water partition coefficient (Wildman–Crippen LogP) is 1.21. The van der Waals surface area contributed by atoms with Gasteiger partial charge in [0.25, 0.3) is 0 Å². The van der Waals surface area contributed by atoms with Crippen LogP contribution in [-0.4, -0.2) is 16.7 Å². The van der Waals surface area contributed by atoms with Gasteiger partial charge in [-0.3, -0.25) is 14.6 Å². The summed E-state index contributed by atoms with van der Waals surface area (Å²) in [7, 11) is 0. The Morgan fingerprint density at radius 3 is 2.94 bits per heavy atom. The summed E-state index contributed by atoms with van der Waals surface area (Å²) in [6.45, 7) is 0. The van der Waals surface area contributed by atoms with Gasteiger partial charge in [0.05, 0.1) is 12.1 Å². The largest absolute Gasteiger partial charge is 0.446 e. The molecule has 0 unspecified atom stereocenters. The number of hydrogen-bond donors (Lipinski definition) is 0. The van der Waals surface area contributed by atoms with Crippen molar-refractivity contribution < 1.29 is 14.3 Å². The Hall–Kier alpha value is -1.97. The van der Waals surface area contributed by atoms with Crippen LogP contribution in [0.15, 0.2) is 24.4 Å². The molecule has 1 aliphatic carbocycles. The minimum absolute atomic E-state index is 0.168. The summed E-state index contributed by atoms with van der Waals surface area (Å²) in [5, 5.41) is 0. The third-order valence-corrected chi connectivity index (χ3v) is 3.03. The third-order valence-electron chi connectivity index (χ3n) is 3.03. The molecular weight excluding hydrogens is 206 g/mol. The first-order valence-corrected chi connectivity index (χ1v) is 5.12. The molecule has 1 saturated heterocycles. The third kappa shape index (κ3) is 1.07. The summed E-state index contributed by atoms with van der Waals surface area (Å²) in [5.74, 6) is -0.489. The van der Waals surface area contributed by atoms with Crippen LogP contribution in [0.1, 0.15) is 24.1 Å². The Kier molecular flexibility index (Phi) is 1.74. The van der Waals surface area contributed by atoms with Crippen LogP contribution >= 0.6 is 0 Å². The lowest BCUT2D eigenvalue weighted by atomic mass is 9.82. The van der Waals surface area contributed by atoms with Crippen molar-refractivity contribution in [3.05, 3.63) is 35.7 Å². The van der Waals surface area contributed by atoms with Crippen LogP contribution in [0.25, 0.3) is 6.08 Å². The highest BCUT2D eigenvalue weighted by atomic mass is 16.6. The number of fused-ring (bicyclic) bond motifs is 2. The van der Waals surface area contributed by atoms with Crippen LogP contribution in [0.4, 0.5) is 0 Å². The number of ether oxygens (including phenoxy) is 1. The molecule has 1 atom stereocenters. The molecule has 2 heterocycles. The van der Waals surface area contributed by atoms with Crippen LogP contribution in [0.2, 0.25) is 0 Å². The number of nitrogens with zero attached hydrogens (tertiary/aromatic N) is 1. The minimum Gasteiger partial charge on any atom is -0.446 e. The van der Waals surface area contributed by atoms with E-state index in [1.54, 1.807) is 24.4 Å². The highest BCUT2D eigenvalue weighted by Gasteiger charge is 2.50. The predicted molar refractivity (Wildman–Crippen MR) is 55.3 cm³/mol. The van der Waals surface area contributed by atoms with Crippen LogP contribution in [0.5, 0.6) is 0 Å². The van der Waals surface area contributed by atoms with Crippen molar-refractivity contribution in [1.82, 2.24) is 4.98 Å². The van der Waals surface area contributed by atoms with Gasteiger partial charge in [-0.05, 0) is 18.2 Å². The number of aromatic nitrogens is 1. The number of hydrogen-bond acceptors (Lipinski definition) is 4. The molecule has 3 rings (SSSR count). The van der Waals surface area contributed by atoms with Crippen LogP contribution < -0.4 is 0 Å². The van der Waals surface area contributed by atoms with E-state index in [9.17, 15) is 9.59 Å². The van der Waals surface area contributed by atoms with Crippen molar-refractivity contribution in [2.24, 2.45) is 0 Å². The molecule has 4 heteroatoms. The van der Waals surface area contributed by atoms with E-state index >= 15 is 0 Å². The van der Waals surface area contributed by atoms with Crippen molar-refractivity contribution in [1.29, 1.82) is 0 Å². The van der Waals surface area contributed by atoms with Gasteiger partial charge in [-0.2, -0.15) is 0 Å². The molecule has 0 bridgehead atoms. The molecule has 0 radical (unpaired) electrons. The number of ketones is 1. The first-order valence-electron chi connectivity index (χ1n) is 5.12. The fourth-order valence-corrected chi connectivity index (χ4v) is 2.25. The maximum Gasteiger partial charge on any atom is 0.307 e. The van der Waals surface area contributed by atoms with Crippen molar-refractivity contribution >= 4 is 17.8 Å². The second kappa shape index (κ2) is 3.01. The zero-order valence-corrected chi connectivity index (χ0v) is 8.47. The fourth-order valence-electron chi connectivity index (χ4n) is 2.25. The van der Waals surface area contributed by atoms with E-state index in [1.165, 1.54) is 6.08 Å². The monoisotopic (exact) mass is 215 g/mol. The number of pyridine rings is 1. The maximum absolute atomic E-state index is 11.9. The van der Waals surface area contributed by atoms with E-state index in [-0.39, 0.29) is 18.2 Å². The molecule has 2 aliphatic rings. The SMILES string of the molecule is O=C1CC[C@@]2(O1)C(=O)C=Cc1ncccc12. The molecule has 0 N–H and O–H groups in total. The Balaban J connectivity index is 2.21. The van der Waals surface area contributed by atoms with Crippen molar-refractivity contribution in [3.63, 3.8) is 0 Å². The van der Waals surface area contributed by atoms with Gasteiger partial charge in [-0.15, -0.1) is 0 Å². The molecule has 1 fully saturated rings. The molecule has 80 valence electrons. The van der Waals surface area contributed by atoms with Crippen molar-refractivity contribution in [3.8, 4) is 0 Å². The second-order valence-electron chi connectivity index (χ2n) is 3.93. The van der Waals surface area contributed by atoms with Gasteiger partial charge < -0.3 is 4.74 Å². The summed E-state index contributed by atoms with van der Waals surface area (Å²) in [4.78, 5) is 27.4. The van der Waals surface area contributed by atoms with E-state index in [0.717, 1.165) is 0 Å². The van der Waals surface area contributed by atoms with Gasteiger partial charge >= 0.3 is 5.97 Å². The standard InChI is InChI=1S/C12H9NO3/c14-10-4-3-9-8(2-1-7-13-9)12(10)6-5-11(15)16-12/h1-4,7H,5-6H2/t12-/m0/s1. The molecule has 0 amide bonds. The number of carbonyl (C=O) groups excluding carboxylic acids is 2. The van der Waals surface area contributed by atoms with Gasteiger partial charge in [0.15, 0.2) is 0 Å². The first kappa shape index (κ1) is 9.27. The summed E-state index contributed by atoms with van der Waals surface area (Å²) < 4.78 is 5.25. The Labute approximate surface area is 91.9 Å². The molecule has 16 heavy (non-hydrogen) atoms. The van der Waals surface area contributed by atoms with Gasteiger partial charge in [0.1, 0.15) is 0 Å². The molecule has 1 aromatic rings. The zero-order valence-electron chi connectivity index (χ0n) is 8.47. The fraction of sp³-hybridized carbons (Fsp3) is 0.250. The molecule has 1 spiro atoms. The number of rotatable bonds is 0. The topological polar surface area (TPSA) is 56.3 Å². The Morgan fingerprint density at radius 2 is 2.19 bits per heavy atom. The number of carbonyl (C=O) groups is 2. The summed E-state index contributed by atoms with van der Waals surface area (Å²) >= 11 is 0. The second-order valence-corrected chi connectivity index (χ2v) is 3.93. The molecule has 4 nitrogen and oxygen atoms in total. The van der Waals surface area contributed by atoms with Gasteiger partial charge in [-0.25, -0.2) is 0 Å². The minimum atomic E-state index is -1.10. The zero-order chi connectivity index (χ0) is 11.2. The quantitative estimate of drug-likeness (QED) is 0.610. The summed E-state index contributed by atoms with van der Waals surface area (Å²) in [5.41, 5.74) is 0.306. The summed E-state index contributed by atoms with van der Waals surface area (Å²) in [6.07, 6.45) is 5.45. The van der Waals surface area contributed by atoms with Gasteiger partial charge in [0, 0.05) is 18.2 Å². The van der Waals surface area contributed by atoms with Crippen LogP contribution in [-0.2, 0) is 19.9 Å². The lowest BCUT2D eigenvalue weighted by Crippen LogP contribution is -2.37. The van der Waals surface area contributed by atoms with E-state index in [0.29, 0.717) is 17.7 Å².